The molecule has 3 amide bonds. The van der Waals surface area contributed by atoms with Gasteiger partial charge in [-0.3, -0.25) is 14.4 Å². The van der Waals surface area contributed by atoms with Gasteiger partial charge in [-0.25, -0.2) is 13.8 Å². The second kappa shape index (κ2) is 13.5. The van der Waals surface area contributed by atoms with Crippen LogP contribution in [0.25, 0.3) is 0 Å². The maximum absolute atomic E-state index is 14.2. The minimum Gasteiger partial charge on any atom is -0.489 e. The summed E-state index contributed by atoms with van der Waals surface area (Å²) in [5.41, 5.74) is 0.926. The summed E-state index contributed by atoms with van der Waals surface area (Å²) in [7, 11) is 1.34. The predicted molar refractivity (Wildman–Crippen MR) is 155 cm³/mol. The normalized spacial score (nSPS) is 17.7. The summed E-state index contributed by atoms with van der Waals surface area (Å²) in [5.74, 6) is -2.82. The summed E-state index contributed by atoms with van der Waals surface area (Å²) in [6, 6.07) is 11.3. The van der Waals surface area contributed by atoms with Gasteiger partial charge in [0.2, 0.25) is 11.8 Å². The third kappa shape index (κ3) is 7.70. The van der Waals surface area contributed by atoms with E-state index in [0.29, 0.717) is 24.3 Å². The van der Waals surface area contributed by atoms with Gasteiger partial charge in [-0.05, 0) is 67.1 Å². The van der Waals surface area contributed by atoms with Crippen LogP contribution in [0.2, 0.25) is 0 Å². The number of likely N-dealkylation sites (tertiary alicyclic amines) is 1. The second-order valence-corrected chi connectivity index (χ2v) is 11.2. The topological polar surface area (TPSA) is 101 Å². The van der Waals surface area contributed by atoms with Crippen LogP contribution in [0.4, 0.5) is 23.2 Å². The number of amides is 3. The van der Waals surface area contributed by atoms with Crippen molar-refractivity contribution in [3.05, 3.63) is 83.2 Å². The molecule has 1 aromatic heterocycles. The molecule has 45 heavy (non-hydrogen) atoms. The van der Waals surface area contributed by atoms with Crippen LogP contribution < -0.4 is 19.7 Å². The fourth-order valence-corrected chi connectivity index (χ4v) is 5.28. The monoisotopic (exact) mass is 628 g/mol. The van der Waals surface area contributed by atoms with E-state index in [0.717, 1.165) is 35.4 Å². The molecule has 2 heterocycles. The molecule has 2 aromatic carbocycles. The number of hydrogen-bond donors (Lipinski definition) is 1. The number of benzene rings is 2. The molecule has 1 unspecified atom stereocenters. The Labute approximate surface area is 257 Å². The fourth-order valence-electron chi connectivity index (χ4n) is 5.28. The van der Waals surface area contributed by atoms with Crippen LogP contribution in [0.15, 0.2) is 54.6 Å². The molecule has 2 aliphatic rings. The standard InChI is InChI=1S/C32H32F4N4O5/c1-18(41)40-16-21(20-8-11-28(45-32(35)36)29(13-20)44-17-19-6-7-19)12-27(40)30(42)37-15-23-4-3-5-25(38-23)31(43)39(2)26-10-9-22(33)14-24(26)34/h3-5,8-11,13-14,19,21,27,32H,6-7,12,15-17H2,1-2H3,(H,37,42)/t21?,27-/m1/s1. The Morgan fingerprint density at radius 2 is 1.84 bits per heavy atom. The van der Waals surface area contributed by atoms with E-state index in [1.54, 1.807) is 24.3 Å². The Hall–Kier alpha value is -4.68. The number of aromatic nitrogens is 1. The van der Waals surface area contributed by atoms with Crippen molar-refractivity contribution in [1.82, 2.24) is 15.2 Å². The van der Waals surface area contributed by atoms with E-state index >= 15 is 0 Å². The largest absolute Gasteiger partial charge is 0.489 e. The van der Waals surface area contributed by atoms with Gasteiger partial charge in [0.15, 0.2) is 11.5 Å². The molecule has 1 saturated heterocycles. The predicted octanol–water partition coefficient (Wildman–Crippen LogP) is 5.05. The van der Waals surface area contributed by atoms with Crippen LogP contribution in [0.5, 0.6) is 11.5 Å². The number of hydrogen-bond acceptors (Lipinski definition) is 6. The first kappa shape index (κ1) is 31.7. The molecular weight excluding hydrogens is 596 g/mol. The highest BCUT2D eigenvalue weighted by Gasteiger charge is 2.39. The smallest absolute Gasteiger partial charge is 0.387 e. The molecule has 1 aliphatic carbocycles. The van der Waals surface area contributed by atoms with E-state index in [4.69, 9.17) is 4.74 Å². The molecule has 0 spiro atoms. The number of nitrogens with zero attached hydrogens (tertiary/aromatic N) is 3. The van der Waals surface area contributed by atoms with Crippen molar-refractivity contribution in [3.8, 4) is 11.5 Å². The zero-order valence-corrected chi connectivity index (χ0v) is 24.6. The molecule has 0 bridgehead atoms. The molecule has 2 fully saturated rings. The third-order valence-electron chi connectivity index (χ3n) is 7.88. The van der Waals surface area contributed by atoms with Gasteiger partial charge in [-0.15, -0.1) is 0 Å². The van der Waals surface area contributed by atoms with Crippen molar-refractivity contribution in [2.45, 2.75) is 51.3 Å². The van der Waals surface area contributed by atoms with Gasteiger partial charge in [0.05, 0.1) is 24.5 Å². The minimum absolute atomic E-state index is 0.0155. The Balaban J connectivity index is 1.25. The molecule has 0 radical (unpaired) electrons. The number of nitrogens with one attached hydrogen (secondary N) is 1. The highest BCUT2D eigenvalue weighted by Crippen LogP contribution is 2.39. The van der Waals surface area contributed by atoms with Gasteiger partial charge in [-0.2, -0.15) is 8.78 Å². The molecule has 1 N–H and O–H groups in total. The summed E-state index contributed by atoms with van der Waals surface area (Å²) in [6.07, 6.45) is 2.31. The number of ether oxygens (including phenoxy) is 2. The summed E-state index contributed by atoms with van der Waals surface area (Å²) in [5, 5.41) is 2.77. The van der Waals surface area contributed by atoms with Crippen LogP contribution in [-0.2, 0) is 16.1 Å². The number of anilines is 1. The van der Waals surface area contributed by atoms with E-state index in [1.807, 2.05) is 0 Å². The summed E-state index contributed by atoms with van der Waals surface area (Å²) in [4.78, 5) is 45.5. The van der Waals surface area contributed by atoms with Crippen LogP contribution >= 0.6 is 0 Å². The highest BCUT2D eigenvalue weighted by atomic mass is 19.3. The summed E-state index contributed by atoms with van der Waals surface area (Å²) >= 11 is 0. The molecule has 3 aromatic rings. The quantitative estimate of drug-likeness (QED) is 0.299. The number of halogens is 4. The second-order valence-electron chi connectivity index (χ2n) is 11.2. The van der Waals surface area contributed by atoms with Crippen molar-refractivity contribution in [2.75, 3.05) is 25.1 Å². The average Bonchev–Trinajstić information content (AvgIpc) is 3.73. The Morgan fingerprint density at radius 1 is 1.07 bits per heavy atom. The van der Waals surface area contributed by atoms with E-state index < -0.39 is 36.1 Å². The number of pyridine rings is 1. The molecule has 238 valence electrons. The molecule has 1 aliphatic heterocycles. The summed E-state index contributed by atoms with van der Waals surface area (Å²) < 4.78 is 63.9. The van der Waals surface area contributed by atoms with Crippen molar-refractivity contribution in [2.24, 2.45) is 5.92 Å². The van der Waals surface area contributed by atoms with Crippen LogP contribution in [-0.4, -0.2) is 60.5 Å². The lowest BCUT2D eigenvalue weighted by Crippen LogP contribution is -2.45. The zero-order valence-electron chi connectivity index (χ0n) is 24.6. The van der Waals surface area contributed by atoms with Crippen molar-refractivity contribution in [1.29, 1.82) is 0 Å². The first-order chi connectivity index (χ1) is 21.5. The van der Waals surface area contributed by atoms with Crippen molar-refractivity contribution < 1.29 is 41.4 Å². The van der Waals surface area contributed by atoms with Crippen LogP contribution in [0.1, 0.15) is 53.8 Å². The number of carbonyl (C=O) groups excluding carboxylic acids is 3. The van der Waals surface area contributed by atoms with Crippen LogP contribution in [0.3, 0.4) is 0 Å². The molecule has 9 nitrogen and oxygen atoms in total. The minimum atomic E-state index is -3.01. The zero-order chi connectivity index (χ0) is 32.2. The molecule has 2 atom stereocenters. The van der Waals surface area contributed by atoms with E-state index in [9.17, 15) is 31.9 Å². The average molecular weight is 629 g/mol. The van der Waals surface area contributed by atoms with Crippen molar-refractivity contribution in [3.63, 3.8) is 0 Å². The molecule has 13 heteroatoms. The van der Waals surface area contributed by atoms with Gasteiger partial charge in [-0.1, -0.05) is 12.1 Å². The fraction of sp³-hybridized carbons (Fsp3) is 0.375. The van der Waals surface area contributed by atoms with E-state index in [-0.39, 0.29) is 54.2 Å². The maximum Gasteiger partial charge on any atom is 0.387 e. The lowest BCUT2D eigenvalue weighted by Gasteiger charge is -2.22. The number of carbonyl (C=O) groups is 3. The molecule has 5 rings (SSSR count). The first-order valence-corrected chi connectivity index (χ1v) is 14.5. The van der Waals surface area contributed by atoms with Gasteiger partial charge in [0, 0.05) is 32.5 Å². The first-order valence-electron chi connectivity index (χ1n) is 14.5. The lowest BCUT2D eigenvalue weighted by atomic mass is 9.95. The number of rotatable bonds is 11. The van der Waals surface area contributed by atoms with Crippen molar-refractivity contribution >= 4 is 23.4 Å². The Bertz CT molecular complexity index is 1580. The van der Waals surface area contributed by atoms with Gasteiger partial charge < -0.3 is 24.6 Å². The highest BCUT2D eigenvalue weighted by molar-refractivity contribution is 6.04. The Morgan fingerprint density at radius 3 is 2.53 bits per heavy atom. The van der Waals surface area contributed by atoms with E-state index in [2.05, 4.69) is 15.0 Å². The Kier molecular flexibility index (Phi) is 9.54. The number of alkyl halides is 2. The van der Waals surface area contributed by atoms with Gasteiger partial charge in [0.1, 0.15) is 23.4 Å². The molecule has 1 saturated carbocycles. The van der Waals surface area contributed by atoms with Crippen LogP contribution in [0, 0.1) is 17.6 Å². The lowest BCUT2D eigenvalue weighted by molar-refractivity contribution is -0.136. The van der Waals surface area contributed by atoms with Gasteiger partial charge >= 0.3 is 6.61 Å². The maximum atomic E-state index is 14.2. The third-order valence-corrected chi connectivity index (χ3v) is 7.88. The SMILES string of the molecule is CC(=O)N1CC(c2ccc(OC(F)F)c(OCC3CC3)c2)C[C@@H]1C(=O)NCc1cccc(C(=O)N(C)c2ccc(F)cc2F)n1. The molecular formula is C32H32F4N4O5. The van der Waals surface area contributed by atoms with E-state index in [1.165, 1.54) is 31.0 Å². The summed E-state index contributed by atoms with van der Waals surface area (Å²) in [6.45, 7) is -1.08. The van der Waals surface area contributed by atoms with Gasteiger partial charge in [0.25, 0.3) is 5.91 Å².